The van der Waals surface area contributed by atoms with Crippen molar-refractivity contribution in [2.75, 3.05) is 13.4 Å². The summed E-state index contributed by atoms with van der Waals surface area (Å²) in [4.78, 5) is 0. The first-order valence-electron chi connectivity index (χ1n) is 8.94. The Labute approximate surface area is 146 Å². The molecule has 0 radical (unpaired) electrons. The van der Waals surface area contributed by atoms with E-state index in [2.05, 4.69) is 39.8 Å². The maximum Gasteiger partial charge on any atom is 0.231 e. The molecule has 0 spiro atoms. The van der Waals surface area contributed by atoms with Gasteiger partial charge in [0, 0.05) is 6.07 Å². The van der Waals surface area contributed by atoms with Crippen LogP contribution < -0.4 is 14.2 Å². The predicted molar refractivity (Wildman–Crippen MR) is 98.9 cm³/mol. The van der Waals surface area contributed by atoms with Crippen LogP contribution in [-0.2, 0) is 0 Å². The number of ether oxygens (including phenoxy) is 3. The molecule has 0 saturated heterocycles. The lowest BCUT2D eigenvalue weighted by molar-refractivity contribution is 0.174. The van der Waals surface area contributed by atoms with Crippen LogP contribution in [0.2, 0.25) is 0 Å². The molecule has 3 nitrogen and oxygen atoms in total. The van der Waals surface area contributed by atoms with Gasteiger partial charge in [-0.15, -0.1) is 0 Å². The lowest BCUT2D eigenvalue weighted by atomic mass is 10.0. The van der Waals surface area contributed by atoms with Crippen LogP contribution in [-0.4, -0.2) is 13.4 Å². The minimum absolute atomic E-state index is 0.294. The van der Waals surface area contributed by atoms with Crippen molar-refractivity contribution in [1.29, 1.82) is 0 Å². The average Bonchev–Trinajstić information content (AvgIpc) is 3.00. The van der Waals surface area contributed by atoms with Gasteiger partial charge >= 0.3 is 0 Å². The van der Waals surface area contributed by atoms with Gasteiger partial charge < -0.3 is 14.2 Å². The molecule has 0 amide bonds. The second-order valence-corrected chi connectivity index (χ2v) is 6.73. The predicted octanol–water partition coefficient (Wildman–Crippen LogP) is 5.90. The first-order valence-corrected chi connectivity index (χ1v) is 8.94. The lowest BCUT2D eigenvalue weighted by Crippen LogP contribution is -1.96. The van der Waals surface area contributed by atoms with Crippen LogP contribution in [0.15, 0.2) is 41.5 Å². The van der Waals surface area contributed by atoms with Crippen molar-refractivity contribution in [3.05, 3.63) is 41.5 Å². The van der Waals surface area contributed by atoms with E-state index in [0.29, 0.717) is 13.4 Å². The van der Waals surface area contributed by atoms with Crippen LogP contribution in [0.25, 0.3) is 0 Å². The molecule has 1 aliphatic heterocycles. The Kier molecular flexibility index (Phi) is 7.23. The first-order chi connectivity index (χ1) is 11.6. The molecule has 1 aromatic carbocycles. The largest absolute Gasteiger partial charge is 0.489 e. The highest BCUT2D eigenvalue weighted by Gasteiger charge is 2.13. The number of fused-ring (bicyclic) bond motifs is 1. The van der Waals surface area contributed by atoms with E-state index in [9.17, 15) is 0 Å². The number of hydrogen-bond acceptors (Lipinski definition) is 3. The number of hydrogen-bond donors (Lipinski definition) is 0. The summed E-state index contributed by atoms with van der Waals surface area (Å²) in [5.74, 6) is 3.10. The quantitative estimate of drug-likeness (QED) is 0.527. The fraction of sp³-hybridized carbons (Fsp3) is 0.524. The fourth-order valence-electron chi connectivity index (χ4n) is 2.88. The maximum absolute atomic E-state index is 5.82. The summed E-state index contributed by atoms with van der Waals surface area (Å²) in [7, 11) is 0. The summed E-state index contributed by atoms with van der Waals surface area (Å²) in [6.45, 7) is 9.86. The van der Waals surface area contributed by atoms with Gasteiger partial charge in [-0.05, 0) is 56.7 Å². The van der Waals surface area contributed by atoms with E-state index in [1.807, 2.05) is 18.2 Å². The topological polar surface area (TPSA) is 27.7 Å². The van der Waals surface area contributed by atoms with Crippen LogP contribution >= 0.6 is 0 Å². The minimum Gasteiger partial charge on any atom is -0.489 e. The van der Waals surface area contributed by atoms with E-state index in [1.54, 1.807) is 0 Å². The van der Waals surface area contributed by atoms with Crippen molar-refractivity contribution >= 4 is 0 Å². The molecule has 0 bridgehead atoms. The molecule has 132 valence electrons. The highest BCUT2D eigenvalue weighted by Crippen LogP contribution is 2.35. The van der Waals surface area contributed by atoms with Crippen molar-refractivity contribution in [2.24, 2.45) is 5.92 Å². The van der Waals surface area contributed by atoms with E-state index >= 15 is 0 Å². The number of benzene rings is 1. The van der Waals surface area contributed by atoms with Crippen molar-refractivity contribution in [3.63, 3.8) is 0 Å². The van der Waals surface area contributed by atoms with Gasteiger partial charge in [-0.3, -0.25) is 0 Å². The summed E-state index contributed by atoms with van der Waals surface area (Å²) < 4.78 is 16.5. The molecule has 0 aromatic heterocycles. The maximum atomic E-state index is 5.82. The summed E-state index contributed by atoms with van der Waals surface area (Å²) in [5, 5.41) is 0. The van der Waals surface area contributed by atoms with Gasteiger partial charge in [-0.2, -0.15) is 0 Å². The van der Waals surface area contributed by atoms with Crippen LogP contribution in [0.3, 0.4) is 0 Å². The molecule has 3 heteroatoms. The first kappa shape index (κ1) is 18.4. The third-order valence-electron chi connectivity index (χ3n) is 4.11. The molecule has 1 aromatic rings. The molecule has 24 heavy (non-hydrogen) atoms. The third-order valence-corrected chi connectivity index (χ3v) is 4.11. The van der Waals surface area contributed by atoms with E-state index < -0.39 is 0 Å². The Hall–Kier alpha value is -1.90. The van der Waals surface area contributed by atoms with Gasteiger partial charge in [0.1, 0.15) is 12.4 Å². The number of rotatable bonds is 9. The minimum atomic E-state index is 0.294. The molecule has 1 aliphatic rings. The number of allylic oxidation sites excluding steroid dienone is 3. The molecule has 0 N–H and O–H groups in total. The molecule has 1 heterocycles. The SMILES string of the molecule is CCC(=CCOc1ccc2c(c1)OCO2)CCC=C(C)CC(C)C. The molecule has 0 atom stereocenters. The lowest BCUT2D eigenvalue weighted by Gasteiger charge is -2.08. The molecule has 0 saturated carbocycles. The van der Waals surface area contributed by atoms with E-state index in [0.717, 1.165) is 42.4 Å². The Bertz CT molecular complexity index is 585. The summed E-state index contributed by atoms with van der Waals surface area (Å²) in [6, 6.07) is 5.70. The monoisotopic (exact) mass is 330 g/mol. The summed E-state index contributed by atoms with van der Waals surface area (Å²) >= 11 is 0. The third kappa shape index (κ3) is 5.95. The van der Waals surface area contributed by atoms with Crippen molar-refractivity contribution in [1.82, 2.24) is 0 Å². The smallest absolute Gasteiger partial charge is 0.231 e. The Morgan fingerprint density at radius 2 is 2.00 bits per heavy atom. The standard InChI is InChI=1S/C21H30O3/c1-5-18(8-6-7-17(4)13-16(2)3)11-12-22-19-9-10-20-21(14-19)24-15-23-20/h7,9-11,14,16H,5-6,8,12-13,15H2,1-4H3. The highest BCUT2D eigenvalue weighted by atomic mass is 16.7. The van der Waals surface area contributed by atoms with Crippen LogP contribution in [0.1, 0.15) is 53.4 Å². The zero-order valence-electron chi connectivity index (χ0n) is 15.4. The zero-order valence-corrected chi connectivity index (χ0v) is 15.4. The van der Waals surface area contributed by atoms with E-state index in [4.69, 9.17) is 14.2 Å². The van der Waals surface area contributed by atoms with Gasteiger partial charge in [0.25, 0.3) is 0 Å². The molecular formula is C21H30O3. The van der Waals surface area contributed by atoms with Crippen molar-refractivity contribution in [2.45, 2.75) is 53.4 Å². The van der Waals surface area contributed by atoms with E-state index in [-0.39, 0.29) is 0 Å². The van der Waals surface area contributed by atoms with Crippen LogP contribution in [0.5, 0.6) is 17.2 Å². The van der Waals surface area contributed by atoms with Gasteiger partial charge in [-0.25, -0.2) is 0 Å². The average molecular weight is 330 g/mol. The summed E-state index contributed by atoms with van der Waals surface area (Å²) in [5.41, 5.74) is 2.95. The highest BCUT2D eigenvalue weighted by molar-refractivity contribution is 5.46. The Morgan fingerprint density at radius 1 is 1.21 bits per heavy atom. The second kappa shape index (κ2) is 9.41. The molecule has 0 fully saturated rings. The fourth-order valence-corrected chi connectivity index (χ4v) is 2.88. The van der Waals surface area contributed by atoms with Gasteiger partial charge in [0.2, 0.25) is 6.79 Å². The van der Waals surface area contributed by atoms with Crippen LogP contribution in [0, 0.1) is 5.92 Å². The molecule has 0 aliphatic carbocycles. The van der Waals surface area contributed by atoms with Gasteiger partial charge in [0.15, 0.2) is 11.5 Å². The molecule has 0 unspecified atom stereocenters. The molecular weight excluding hydrogens is 300 g/mol. The summed E-state index contributed by atoms with van der Waals surface area (Å²) in [6.07, 6.45) is 9.07. The van der Waals surface area contributed by atoms with E-state index in [1.165, 1.54) is 17.6 Å². The van der Waals surface area contributed by atoms with Crippen LogP contribution in [0.4, 0.5) is 0 Å². The molecule has 2 rings (SSSR count). The zero-order chi connectivity index (χ0) is 17.4. The van der Waals surface area contributed by atoms with Gasteiger partial charge in [-0.1, -0.05) is 38.0 Å². The Balaban J connectivity index is 1.78. The van der Waals surface area contributed by atoms with Gasteiger partial charge in [0.05, 0.1) is 0 Å². The second-order valence-electron chi connectivity index (χ2n) is 6.73. The normalized spacial score (nSPS) is 14.4. The Morgan fingerprint density at radius 3 is 2.75 bits per heavy atom. The van der Waals surface area contributed by atoms with Crippen molar-refractivity contribution < 1.29 is 14.2 Å². The van der Waals surface area contributed by atoms with Crippen molar-refractivity contribution in [3.8, 4) is 17.2 Å².